The first-order valence-electron chi connectivity index (χ1n) is 8.45. The number of aryl methyl sites for hydroxylation is 1. The molecule has 0 aliphatic carbocycles. The Hall–Kier alpha value is -2.45. The summed E-state index contributed by atoms with van der Waals surface area (Å²) in [6, 6.07) is 9.96. The van der Waals surface area contributed by atoms with Gasteiger partial charge in [0.05, 0.1) is 30.2 Å². The Balaban J connectivity index is 2.00. The lowest BCUT2D eigenvalue weighted by atomic mass is 10.1. The summed E-state index contributed by atoms with van der Waals surface area (Å²) in [5.41, 5.74) is 3.79. The van der Waals surface area contributed by atoms with E-state index in [1.165, 1.54) is 10.6 Å². The van der Waals surface area contributed by atoms with Gasteiger partial charge in [-0.2, -0.15) is 5.10 Å². The molecule has 0 spiro atoms. The van der Waals surface area contributed by atoms with E-state index in [1.54, 1.807) is 13.4 Å². The van der Waals surface area contributed by atoms with E-state index < -0.39 is 10.0 Å². The number of imidazole rings is 1. The summed E-state index contributed by atoms with van der Waals surface area (Å²) in [4.78, 5) is 4.60. The zero-order valence-corrected chi connectivity index (χ0v) is 16.0. The summed E-state index contributed by atoms with van der Waals surface area (Å²) < 4.78 is 28.5. The van der Waals surface area contributed by atoms with E-state index in [0.717, 1.165) is 29.1 Å². The van der Waals surface area contributed by atoms with Crippen LogP contribution in [0, 0.1) is 0 Å². The van der Waals surface area contributed by atoms with Crippen molar-refractivity contribution in [1.29, 1.82) is 0 Å². The lowest BCUT2D eigenvalue weighted by Crippen LogP contribution is -2.29. The van der Waals surface area contributed by atoms with Crippen LogP contribution in [0.3, 0.4) is 0 Å². The molecule has 8 heteroatoms. The molecule has 0 saturated carbocycles. The van der Waals surface area contributed by atoms with Crippen LogP contribution in [0.4, 0.5) is 0 Å². The highest BCUT2D eigenvalue weighted by Gasteiger charge is 2.18. The predicted octanol–water partition coefficient (Wildman–Crippen LogP) is 2.32. The number of sulfonamides is 1. The van der Waals surface area contributed by atoms with Crippen molar-refractivity contribution in [1.82, 2.24) is 23.6 Å². The van der Waals surface area contributed by atoms with E-state index in [4.69, 9.17) is 0 Å². The van der Waals surface area contributed by atoms with Crippen molar-refractivity contribution in [2.24, 2.45) is 0 Å². The largest absolute Gasteiger partial charge is 0.329 e. The first kappa shape index (κ1) is 18.3. The minimum absolute atomic E-state index is 0.373. The van der Waals surface area contributed by atoms with Gasteiger partial charge in [0.15, 0.2) is 0 Å². The smallest absolute Gasteiger partial charge is 0.211 e. The van der Waals surface area contributed by atoms with Crippen LogP contribution in [0.25, 0.3) is 22.5 Å². The van der Waals surface area contributed by atoms with Gasteiger partial charge in [-0.1, -0.05) is 30.3 Å². The standard InChI is InChI=1S/C18H23N5O2S/c1-4-23-13-16(12-20-23)18-17(15-8-6-5-7-9-15)19-14-22(18)11-10-21(2)26(3,24)25/h5-9,12-14H,4,10-11H2,1-3H3. The minimum Gasteiger partial charge on any atom is -0.329 e. The van der Waals surface area contributed by atoms with Crippen LogP contribution in [-0.2, 0) is 23.1 Å². The van der Waals surface area contributed by atoms with Crippen LogP contribution in [0.2, 0.25) is 0 Å². The van der Waals surface area contributed by atoms with Crippen LogP contribution >= 0.6 is 0 Å². The third-order valence-corrected chi connectivity index (χ3v) is 5.65. The fourth-order valence-electron chi connectivity index (χ4n) is 2.73. The van der Waals surface area contributed by atoms with Gasteiger partial charge in [0.1, 0.15) is 0 Å². The van der Waals surface area contributed by atoms with Gasteiger partial charge in [-0.05, 0) is 6.92 Å². The summed E-state index contributed by atoms with van der Waals surface area (Å²) in [7, 11) is -1.63. The van der Waals surface area contributed by atoms with E-state index >= 15 is 0 Å². The summed E-state index contributed by atoms with van der Waals surface area (Å²) in [6.45, 7) is 3.70. The predicted molar refractivity (Wildman–Crippen MR) is 102 cm³/mol. The Morgan fingerprint density at radius 1 is 1.15 bits per heavy atom. The van der Waals surface area contributed by atoms with Gasteiger partial charge in [-0.3, -0.25) is 4.68 Å². The lowest BCUT2D eigenvalue weighted by molar-refractivity contribution is 0.450. The zero-order chi connectivity index (χ0) is 18.7. The summed E-state index contributed by atoms with van der Waals surface area (Å²) in [5, 5.41) is 4.37. The van der Waals surface area contributed by atoms with Gasteiger partial charge in [0.2, 0.25) is 10.0 Å². The molecule has 0 atom stereocenters. The Labute approximate surface area is 154 Å². The molecular weight excluding hydrogens is 350 g/mol. The van der Waals surface area contributed by atoms with Crippen molar-refractivity contribution in [3.8, 4) is 22.5 Å². The lowest BCUT2D eigenvalue weighted by Gasteiger charge is -2.15. The quantitative estimate of drug-likeness (QED) is 0.637. The molecule has 0 bridgehead atoms. The Morgan fingerprint density at radius 3 is 2.50 bits per heavy atom. The molecular formula is C18H23N5O2S. The summed E-state index contributed by atoms with van der Waals surface area (Å²) >= 11 is 0. The molecule has 0 unspecified atom stereocenters. The maximum Gasteiger partial charge on any atom is 0.211 e. The van der Waals surface area contributed by atoms with Gasteiger partial charge in [0.25, 0.3) is 0 Å². The second kappa shape index (κ2) is 7.43. The number of benzene rings is 1. The number of rotatable bonds is 7. The van der Waals surface area contributed by atoms with Gasteiger partial charge in [-0.15, -0.1) is 0 Å². The van der Waals surface area contributed by atoms with Crippen molar-refractivity contribution in [2.45, 2.75) is 20.0 Å². The van der Waals surface area contributed by atoms with E-state index in [0.29, 0.717) is 13.1 Å². The monoisotopic (exact) mass is 373 g/mol. The van der Waals surface area contributed by atoms with Crippen LogP contribution in [0.15, 0.2) is 49.1 Å². The van der Waals surface area contributed by atoms with Crippen LogP contribution in [0.5, 0.6) is 0 Å². The van der Waals surface area contributed by atoms with Gasteiger partial charge in [0, 0.05) is 44.0 Å². The van der Waals surface area contributed by atoms with Gasteiger partial charge < -0.3 is 4.57 Å². The maximum absolute atomic E-state index is 11.7. The topological polar surface area (TPSA) is 73.0 Å². The summed E-state index contributed by atoms with van der Waals surface area (Å²) in [6.07, 6.45) is 6.78. The van der Waals surface area contributed by atoms with Gasteiger partial charge in [-0.25, -0.2) is 17.7 Å². The molecule has 0 saturated heterocycles. The normalized spacial score (nSPS) is 12.0. The average molecular weight is 373 g/mol. The second-order valence-electron chi connectivity index (χ2n) is 6.17. The highest BCUT2D eigenvalue weighted by molar-refractivity contribution is 7.88. The maximum atomic E-state index is 11.7. The average Bonchev–Trinajstić information content (AvgIpc) is 3.25. The molecule has 0 aliphatic rings. The Morgan fingerprint density at radius 2 is 1.88 bits per heavy atom. The fraction of sp³-hybridized carbons (Fsp3) is 0.333. The molecule has 0 amide bonds. The molecule has 0 N–H and O–H groups in total. The van der Waals surface area contributed by atoms with Gasteiger partial charge >= 0.3 is 0 Å². The number of hydrogen-bond acceptors (Lipinski definition) is 4. The highest BCUT2D eigenvalue weighted by atomic mass is 32.2. The van der Waals surface area contributed by atoms with E-state index in [2.05, 4.69) is 10.1 Å². The molecule has 138 valence electrons. The van der Waals surface area contributed by atoms with Crippen molar-refractivity contribution in [2.75, 3.05) is 19.8 Å². The van der Waals surface area contributed by atoms with Crippen LogP contribution < -0.4 is 0 Å². The van der Waals surface area contributed by atoms with Crippen LogP contribution in [0.1, 0.15) is 6.92 Å². The zero-order valence-electron chi connectivity index (χ0n) is 15.2. The molecule has 3 aromatic rings. The van der Waals surface area contributed by atoms with Crippen molar-refractivity contribution < 1.29 is 8.42 Å². The molecule has 26 heavy (non-hydrogen) atoms. The van der Waals surface area contributed by atoms with E-state index in [-0.39, 0.29) is 0 Å². The minimum atomic E-state index is -3.21. The number of aromatic nitrogens is 4. The molecule has 3 rings (SSSR count). The number of likely N-dealkylation sites (N-methyl/N-ethyl adjacent to an activating group) is 1. The van der Waals surface area contributed by atoms with Crippen molar-refractivity contribution >= 4 is 10.0 Å². The van der Waals surface area contributed by atoms with Crippen LogP contribution in [-0.4, -0.2) is 51.9 Å². The summed E-state index contributed by atoms with van der Waals surface area (Å²) in [5.74, 6) is 0. The number of nitrogens with zero attached hydrogens (tertiary/aromatic N) is 5. The Kier molecular flexibility index (Phi) is 5.24. The molecule has 7 nitrogen and oxygen atoms in total. The van der Waals surface area contributed by atoms with Crippen molar-refractivity contribution in [3.63, 3.8) is 0 Å². The third kappa shape index (κ3) is 3.86. The van der Waals surface area contributed by atoms with Crippen molar-refractivity contribution in [3.05, 3.63) is 49.1 Å². The first-order chi connectivity index (χ1) is 12.4. The highest BCUT2D eigenvalue weighted by Crippen LogP contribution is 2.31. The van der Waals surface area contributed by atoms with E-state index in [9.17, 15) is 8.42 Å². The molecule has 2 aromatic heterocycles. The number of hydrogen-bond donors (Lipinski definition) is 0. The first-order valence-corrected chi connectivity index (χ1v) is 10.3. The second-order valence-corrected chi connectivity index (χ2v) is 8.26. The molecule has 0 fully saturated rings. The fourth-order valence-corrected chi connectivity index (χ4v) is 3.15. The molecule has 0 radical (unpaired) electrons. The third-order valence-electron chi connectivity index (χ3n) is 4.34. The molecule has 0 aliphatic heterocycles. The van der Waals surface area contributed by atoms with E-state index in [1.807, 2.05) is 58.9 Å². The SMILES string of the molecule is CCn1cc(-c2c(-c3ccccc3)ncn2CCN(C)S(C)(=O)=O)cn1. The Bertz CT molecular complexity index is 976. The molecule has 1 aromatic carbocycles. The molecule has 2 heterocycles.